The highest BCUT2D eigenvalue weighted by molar-refractivity contribution is 9.11. The summed E-state index contributed by atoms with van der Waals surface area (Å²) in [5.41, 5.74) is 0.786. The summed E-state index contributed by atoms with van der Waals surface area (Å²) in [5.74, 6) is -0.978. The zero-order valence-electron chi connectivity index (χ0n) is 5.52. The molecule has 0 radical (unpaired) electrons. The first-order chi connectivity index (χ1) is 5.04. The van der Waals surface area contributed by atoms with Crippen LogP contribution >= 0.6 is 38.9 Å². The van der Waals surface area contributed by atoms with Gasteiger partial charge in [-0.1, -0.05) is 11.6 Å². The Kier molecular flexibility index (Phi) is 2.57. The van der Waals surface area contributed by atoms with Gasteiger partial charge in [-0.2, -0.15) is 0 Å². The van der Waals surface area contributed by atoms with Crippen LogP contribution in [-0.4, -0.2) is 11.1 Å². The molecule has 1 aromatic heterocycles. The van der Waals surface area contributed by atoms with Gasteiger partial charge in [0, 0.05) is 0 Å². The van der Waals surface area contributed by atoms with Crippen molar-refractivity contribution in [2.45, 2.75) is 6.92 Å². The summed E-state index contributed by atoms with van der Waals surface area (Å²) in [4.78, 5) is 10.7. The highest BCUT2D eigenvalue weighted by Crippen LogP contribution is 2.35. The van der Waals surface area contributed by atoms with Gasteiger partial charge in [-0.05, 0) is 28.4 Å². The van der Waals surface area contributed by atoms with Crippen molar-refractivity contribution in [3.63, 3.8) is 0 Å². The molecule has 5 heteroatoms. The predicted molar refractivity (Wildman–Crippen MR) is 48.7 cm³/mol. The van der Waals surface area contributed by atoms with Gasteiger partial charge in [-0.3, -0.25) is 0 Å². The van der Waals surface area contributed by atoms with E-state index in [1.54, 1.807) is 6.92 Å². The molecule has 1 aromatic rings. The molecule has 0 spiro atoms. The maximum absolute atomic E-state index is 10.5. The van der Waals surface area contributed by atoms with E-state index in [1.807, 2.05) is 0 Å². The molecule has 0 fully saturated rings. The summed E-state index contributed by atoms with van der Waals surface area (Å²) >= 11 is 10.0. The van der Waals surface area contributed by atoms with Crippen molar-refractivity contribution in [1.29, 1.82) is 0 Å². The summed E-state index contributed by atoms with van der Waals surface area (Å²) in [5, 5.41) is 8.94. The van der Waals surface area contributed by atoms with E-state index in [9.17, 15) is 4.79 Å². The number of carboxylic acids is 1. The number of hydrogen-bond acceptors (Lipinski definition) is 2. The number of carboxylic acid groups (broad SMARTS) is 1. The molecule has 0 saturated carbocycles. The molecule has 0 aliphatic heterocycles. The van der Waals surface area contributed by atoms with Gasteiger partial charge in [0.2, 0.25) is 0 Å². The molecule has 0 aliphatic rings. The minimum absolute atomic E-state index is 0.191. The van der Waals surface area contributed by atoms with Crippen molar-refractivity contribution >= 4 is 44.8 Å². The molecule has 0 aliphatic carbocycles. The lowest BCUT2D eigenvalue weighted by Gasteiger charge is -1.87. The van der Waals surface area contributed by atoms with E-state index in [1.165, 1.54) is 0 Å². The molecule has 0 amide bonds. The SMILES string of the molecule is Cc1c(Br)sc(C(=O)O)c1Cl. The Bertz CT molecular complexity index is 308. The maximum atomic E-state index is 10.5. The summed E-state index contributed by atoms with van der Waals surface area (Å²) in [6.45, 7) is 1.77. The molecule has 2 nitrogen and oxygen atoms in total. The van der Waals surface area contributed by atoms with Gasteiger partial charge in [-0.15, -0.1) is 11.3 Å². The van der Waals surface area contributed by atoms with Crippen molar-refractivity contribution in [1.82, 2.24) is 0 Å². The van der Waals surface area contributed by atoms with Gasteiger partial charge < -0.3 is 5.11 Å². The second-order valence-electron chi connectivity index (χ2n) is 1.95. The Labute approximate surface area is 80.9 Å². The molecule has 11 heavy (non-hydrogen) atoms. The summed E-state index contributed by atoms with van der Waals surface area (Å²) in [6, 6.07) is 0. The highest BCUT2D eigenvalue weighted by atomic mass is 79.9. The number of carbonyl (C=O) groups is 1. The third-order valence-electron chi connectivity index (χ3n) is 1.21. The van der Waals surface area contributed by atoms with Crippen LogP contribution in [0.2, 0.25) is 5.02 Å². The first kappa shape index (κ1) is 9.03. The van der Waals surface area contributed by atoms with Crippen LogP contribution in [0.3, 0.4) is 0 Å². The smallest absolute Gasteiger partial charge is 0.347 e. The van der Waals surface area contributed by atoms with Crippen LogP contribution in [0.25, 0.3) is 0 Å². The van der Waals surface area contributed by atoms with Crippen LogP contribution in [0, 0.1) is 6.92 Å². The van der Waals surface area contributed by atoms with Crippen molar-refractivity contribution in [3.05, 3.63) is 19.2 Å². The van der Waals surface area contributed by atoms with Crippen molar-refractivity contribution < 1.29 is 9.90 Å². The topological polar surface area (TPSA) is 37.3 Å². The predicted octanol–water partition coefficient (Wildman–Crippen LogP) is 3.17. The standard InChI is InChI=1S/C6H4BrClO2S/c1-2-3(8)4(6(9)10)11-5(2)7/h1H3,(H,9,10). The third kappa shape index (κ3) is 1.58. The van der Waals surface area contributed by atoms with Crippen molar-refractivity contribution in [3.8, 4) is 0 Å². The van der Waals surface area contributed by atoms with Gasteiger partial charge in [0.25, 0.3) is 0 Å². The highest BCUT2D eigenvalue weighted by Gasteiger charge is 2.16. The normalized spacial score (nSPS) is 10.1. The van der Waals surface area contributed by atoms with Crippen LogP contribution in [0.5, 0.6) is 0 Å². The molecule has 0 unspecified atom stereocenters. The molecular weight excluding hydrogens is 251 g/mol. The lowest BCUT2D eigenvalue weighted by atomic mass is 10.3. The number of thiophene rings is 1. The Balaban J connectivity index is 3.29. The van der Waals surface area contributed by atoms with E-state index < -0.39 is 5.97 Å². The molecule has 1 heterocycles. The quantitative estimate of drug-likeness (QED) is 0.837. The van der Waals surface area contributed by atoms with Gasteiger partial charge in [0.05, 0.1) is 8.81 Å². The largest absolute Gasteiger partial charge is 0.477 e. The van der Waals surface area contributed by atoms with Gasteiger partial charge >= 0.3 is 5.97 Å². The molecule has 60 valence electrons. The van der Waals surface area contributed by atoms with E-state index >= 15 is 0 Å². The first-order valence-electron chi connectivity index (χ1n) is 2.71. The zero-order chi connectivity index (χ0) is 8.59. The first-order valence-corrected chi connectivity index (χ1v) is 4.70. The van der Waals surface area contributed by atoms with Crippen LogP contribution in [0.15, 0.2) is 3.79 Å². The van der Waals surface area contributed by atoms with E-state index in [4.69, 9.17) is 16.7 Å². The van der Waals surface area contributed by atoms with Crippen LogP contribution in [0.1, 0.15) is 15.2 Å². The minimum atomic E-state index is -0.978. The molecular formula is C6H4BrClO2S. The number of hydrogen-bond donors (Lipinski definition) is 1. The number of aromatic carboxylic acids is 1. The lowest BCUT2D eigenvalue weighted by Crippen LogP contribution is -1.91. The monoisotopic (exact) mass is 254 g/mol. The Morgan fingerprint density at radius 2 is 2.27 bits per heavy atom. The van der Waals surface area contributed by atoms with E-state index in [-0.39, 0.29) is 4.88 Å². The molecule has 0 saturated heterocycles. The molecule has 1 rings (SSSR count). The lowest BCUT2D eigenvalue weighted by molar-refractivity contribution is 0.0702. The average Bonchev–Trinajstić information content (AvgIpc) is 2.17. The summed E-state index contributed by atoms with van der Waals surface area (Å²) in [7, 11) is 0. The second-order valence-corrected chi connectivity index (χ2v) is 4.67. The summed E-state index contributed by atoms with van der Waals surface area (Å²) < 4.78 is 0.778. The second kappa shape index (κ2) is 3.13. The maximum Gasteiger partial charge on any atom is 0.347 e. The van der Waals surface area contributed by atoms with Gasteiger partial charge in [0.15, 0.2) is 0 Å². The molecule has 0 atom stereocenters. The number of halogens is 2. The van der Waals surface area contributed by atoms with Crippen molar-refractivity contribution in [2.75, 3.05) is 0 Å². The molecule has 0 aromatic carbocycles. The van der Waals surface area contributed by atoms with E-state index in [2.05, 4.69) is 15.9 Å². The Hall–Kier alpha value is -0.0600. The fourth-order valence-electron chi connectivity index (χ4n) is 0.605. The fraction of sp³-hybridized carbons (Fsp3) is 0.167. The fourth-order valence-corrected chi connectivity index (χ4v) is 2.51. The summed E-state index contributed by atoms with van der Waals surface area (Å²) in [6.07, 6.45) is 0. The number of rotatable bonds is 1. The average molecular weight is 256 g/mol. The van der Waals surface area contributed by atoms with Crippen LogP contribution in [-0.2, 0) is 0 Å². The zero-order valence-corrected chi connectivity index (χ0v) is 8.68. The molecule has 1 N–H and O–H groups in total. The van der Waals surface area contributed by atoms with Gasteiger partial charge in [0.1, 0.15) is 4.88 Å². The molecule has 0 bridgehead atoms. The third-order valence-corrected chi connectivity index (χ3v) is 3.94. The van der Waals surface area contributed by atoms with Crippen LogP contribution < -0.4 is 0 Å². The van der Waals surface area contributed by atoms with E-state index in [0.29, 0.717) is 5.02 Å². The minimum Gasteiger partial charge on any atom is -0.477 e. The van der Waals surface area contributed by atoms with Gasteiger partial charge in [-0.25, -0.2) is 4.79 Å². The Morgan fingerprint density at radius 1 is 1.73 bits per heavy atom. The van der Waals surface area contributed by atoms with Crippen molar-refractivity contribution in [2.24, 2.45) is 0 Å². The van der Waals surface area contributed by atoms with Crippen LogP contribution in [0.4, 0.5) is 0 Å². The van der Waals surface area contributed by atoms with E-state index in [0.717, 1.165) is 20.7 Å². The Morgan fingerprint density at radius 3 is 2.45 bits per heavy atom.